The molecule has 0 spiro atoms. The SMILES string of the molecule is CCNC(=NCCNC(=O)c1ccco1)Nc1cccc(OCCCOC)c1. The van der Waals surface area contributed by atoms with Crippen LogP contribution in [0.3, 0.4) is 0 Å². The minimum absolute atomic E-state index is 0.253. The minimum atomic E-state index is -0.253. The lowest BCUT2D eigenvalue weighted by atomic mass is 10.3. The molecule has 0 aliphatic heterocycles. The van der Waals surface area contributed by atoms with E-state index in [1.165, 1.54) is 6.26 Å². The quantitative estimate of drug-likeness (QED) is 0.311. The zero-order valence-electron chi connectivity index (χ0n) is 16.4. The standard InChI is InChI=1S/C20H28N4O4/c1-3-21-20(23-11-10-22-19(25)18-9-5-13-28-18)24-16-7-4-8-17(15-16)27-14-6-12-26-2/h4-5,7-9,13,15H,3,6,10-12,14H2,1-2H3,(H,22,25)(H2,21,23,24). The summed E-state index contributed by atoms with van der Waals surface area (Å²) in [5, 5.41) is 9.18. The summed E-state index contributed by atoms with van der Waals surface area (Å²) in [5.41, 5.74) is 0.864. The van der Waals surface area contributed by atoms with E-state index in [4.69, 9.17) is 13.9 Å². The first kappa shape index (κ1) is 21.3. The number of hydrogen-bond acceptors (Lipinski definition) is 5. The maximum Gasteiger partial charge on any atom is 0.287 e. The Bertz CT molecular complexity index is 732. The van der Waals surface area contributed by atoms with Crippen LogP contribution in [-0.4, -0.2) is 51.8 Å². The second-order valence-electron chi connectivity index (χ2n) is 5.84. The Balaban J connectivity index is 1.83. The largest absolute Gasteiger partial charge is 0.493 e. The topological polar surface area (TPSA) is 97.1 Å². The van der Waals surface area contributed by atoms with Gasteiger partial charge in [0, 0.05) is 45.0 Å². The monoisotopic (exact) mass is 388 g/mol. The lowest BCUT2D eigenvalue weighted by Crippen LogP contribution is -2.32. The molecule has 0 saturated carbocycles. The van der Waals surface area contributed by atoms with Crippen molar-refractivity contribution in [1.82, 2.24) is 10.6 Å². The highest BCUT2D eigenvalue weighted by Gasteiger charge is 2.07. The average Bonchev–Trinajstić information content (AvgIpc) is 3.24. The number of hydrogen-bond donors (Lipinski definition) is 3. The highest BCUT2D eigenvalue weighted by molar-refractivity contribution is 5.94. The second-order valence-corrected chi connectivity index (χ2v) is 5.84. The van der Waals surface area contributed by atoms with Crippen LogP contribution in [0.5, 0.6) is 5.75 Å². The van der Waals surface area contributed by atoms with Crippen molar-refractivity contribution < 1.29 is 18.7 Å². The van der Waals surface area contributed by atoms with Gasteiger partial charge in [-0.15, -0.1) is 0 Å². The third kappa shape index (κ3) is 7.71. The number of nitrogens with zero attached hydrogens (tertiary/aromatic N) is 1. The molecule has 0 radical (unpaired) electrons. The number of anilines is 1. The number of guanidine groups is 1. The van der Waals surface area contributed by atoms with E-state index in [0.29, 0.717) is 32.3 Å². The Labute approximate surface area is 165 Å². The molecule has 8 heteroatoms. The first-order valence-corrected chi connectivity index (χ1v) is 9.31. The summed E-state index contributed by atoms with van der Waals surface area (Å²) in [4.78, 5) is 16.3. The van der Waals surface area contributed by atoms with Crippen molar-refractivity contribution in [2.45, 2.75) is 13.3 Å². The molecule has 1 aromatic carbocycles. The van der Waals surface area contributed by atoms with Crippen molar-refractivity contribution in [3.63, 3.8) is 0 Å². The average molecular weight is 388 g/mol. The number of furan rings is 1. The van der Waals surface area contributed by atoms with E-state index < -0.39 is 0 Å². The molecular formula is C20H28N4O4. The summed E-state index contributed by atoms with van der Waals surface area (Å²) in [6, 6.07) is 11.0. The molecule has 2 aromatic rings. The second kappa shape index (κ2) is 12.4. The highest BCUT2D eigenvalue weighted by Crippen LogP contribution is 2.17. The summed E-state index contributed by atoms with van der Waals surface area (Å²) in [6.07, 6.45) is 2.30. The lowest BCUT2D eigenvalue weighted by molar-refractivity contribution is 0.0927. The van der Waals surface area contributed by atoms with Crippen molar-refractivity contribution in [3.05, 3.63) is 48.4 Å². The number of benzene rings is 1. The highest BCUT2D eigenvalue weighted by atomic mass is 16.5. The molecular weight excluding hydrogens is 360 g/mol. The van der Waals surface area contributed by atoms with Crippen LogP contribution in [0.15, 0.2) is 52.1 Å². The molecule has 8 nitrogen and oxygen atoms in total. The molecule has 0 saturated heterocycles. The molecule has 0 aliphatic carbocycles. The number of methoxy groups -OCH3 is 1. The molecule has 152 valence electrons. The summed E-state index contributed by atoms with van der Waals surface area (Å²) in [7, 11) is 1.68. The van der Waals surface area contributed by atoms with Crippen LogP contribution in [0.2, 0.25) is 0 Å². The van der Waals surface area contributed by atoms with Crippen LogP contribution >= 0.6 is 0 Å². The van der Waals surface area contributed by atoms with E-state index in [0.717, 1.165) is 24.4 Å². The maximum atomic E-state index is 11.8. The predicted octanol–water partition coefficient (Wildman–Crippen LogP) is 2.50. The van der Waals surface area contributed by atoms with Gasteiger partial charge in [-0.05, 0) is 31.2 Å². The molecule has 0 atom stereocenters. The Morgan fingerprint density at radius 3 is 2.82 bits per heavy atom. The van der Waals surface area contributed by atoms with Crippen molar-refractivity contribution in [2.24, 2.45) is 4.99 Å². The van der Waals surface area contributed by atoms with Crippen molar-refractivity contribution in [1.29, 1.82) is 0 Å². The van der Waals surface area contributed by atoms with Gasteiger partial charge in [0.25, 0.3) is 5.91 Å². The Morgan fingerprint density at radius 2 is 2.07 bits per heavy atom. The number of carbonyl (C=O) groups excluding carboxylic acids is 1. The van der Waals surface area contributed by atoms with Crippen LogP contribution in [0, 0.1) is 0 Å². The summed E-state index contributed by atoms with van der Waals surface area (Å²) in [5.74, 6) is 1.45. The van der Waals surface area contributed by atoms with E-state index in [1.807, 2.05) is 31.2 Å². The normalized spacial score (nSPS) is 11.1. The van der Waals surface area contributed by atoms with Gasteiger partial charge in [0.2, 0.25) is 0 Å². The van der Waals surface area contributed by atoms with Crippen LogP contribution in [0.4, 0.5) is 5.69 Å². The smallest absolute Gasteiger partial charge is 0.287 e. The van der Waals surface area contributed by atoms with Crippen LogP contribution in [0.25, 0.3) is 0 Å². The van der Waals surface area contributed by atoms with Gasteiger partial charge in [0.15, 0.2) is 11.7 Å². The zero-order valence-corrected chi connectivity index (χ0v) is 16.4. The molecule has 1 aromatic heterocycles. The molecule has 0 bridgehead atoms. The number of carbonyl (C=O) groups is 1. The van der Waals surface area contributed by atoms with Gasteiger partial charge >= 0.3 is 0 Å². The fourth-order valence-corrected chi connectivity index (χ4v) is 2.33. The first-order chi connectivity index (χ1) is 13.7. The number of aliphatic imine (C=N–C) groups is 1. The van der Waals surface area contributed by atoms with Crippen molar-refractivity contribution >= 4 is 17.6 Å². The van der Waals surface area contributed by atoms with Gasteiger partial charge in [-0.25, -0.2) is 0 Å². The van der Waals surface area contributed by atoms with E-state index in [2.05, 4.69) is 20.9 Å². The van der Waals surface area contributed by atoms with E-state index in [-0.39, 0.29) is 11.7 Å². The molecule has 2 rings (SSSR count). The van der Waals surface area contributed by atoms with Crippen LogP contribution in [-0.2, 0) is 4.74 Å². The molecule has 0 aliphatic rings. The molecule has 3 N–H and O–H groups in total. The third-order valence-corrected chi connectivity index (χ3v) is 3.61. The van der Waals surface area contributed by atoms with E-state index in [9.17, 15) is 4.79 Å². The third-order valence-electron chi connectivity index (χ3n) is 3.61. The Morgan fingerprint density at radius 1 is 1.18 bits per heavy atom. The first-order valence-electron chi connectivity index (χ1n) is 9.31. The fourth-order valence-electron chi connectivity index (χ4n) is 2.33. The van der Waals surface area contributed by atoms with Gasteiger partial charge in [-0.3, -0.25) is 9.79 Å². The summed E-state index contributed by atoms with van der Waals surface area (Å²) < 4.78 is 15.8. The van der Waals surface area contributed by atoms with E-state index >= 15 is 0 Å². The van der Waals surface area contributed by atoms with Crippen molar-refractivity contribution in [3.8, 4) is 5.75 Å². The van der Waals surface area contributed by atoms with Gasteiger partial charge < -0.3 is 29.8 Å². The van der Waals surface area contributed by atoms with E-state index in [1.54, 1.807) is 19.2 Å². The Kier molecular flexibility index (Phi) is 9.43. The number of rotatable bonds is 11. The summed E-state index contributed by atoms with van der Waals surface area (Å²) >= 11 is 0. The molecule has 1 amide bonds. The minimum Gasteiger partial charge on any atom is -0.493 e. The van der Waals surface area contributed by atoms with Gasteiger partial charge in [0.05, 0.1) is 19.4 Å². The molecule has 1 heterocycles. The zero-order chi connectivity index (χ0) is 20.0. The van der Waals surface area contributed by atoms with Gasteiger partial charge in [0.1, 0.15) is 5.75 Å². The fraction of sp³-hybridized carbons (Fsp3) is 0.400. The summed E-state index contributed by atoms with van der Waals surface area (Å²) in [6.45, 7) is 4.81. The predicted molar refractivity (Wildman–Crippen MR) is 109 cm³/mol. The molecule has 0 fully saturated rings. The number of ether oxygens (including phenoxy) is 2. The van der Waals surface area contributed by atoms with Crippen LogP contribution < -0.4 is 20.7 Å². The molecule has 0 unspecified atom stereocenters. The maximum absolute atomic E-state index is 11.8. The number of amides is 1. The molecule has 28 heavy (non-hydrogen) atoms. The van der Waals surface area contributed by atoms with Gasteiger partial charge in [-0.2, -0.15) is 0 Å². The van der Waals surface area contributed by atoms with Gasteiger partial charge in [-0.1, -0.05) is 6.07 Å². The Hall–Kier alpha value is -3.00. The van der Waals surface area contributed by atoms with Crippen LogP contribution in [0.1, 0.15) is 23.9 Å². The lowest BCUT2D eigenvalue weighted by Gasteiger charge is -2.13. The number of nitrogens with one attached hydrogen (secondary N) is 3. The van der Waals surface area contributed by atoms with Crippen molar-refractivity contribution in [2.75, 3.05) is 45.3 Å².